The predicted molar refractivity (Wildman–Crippen MR) is 117 cm³/mol. The highest BCUT2D eigenvalue weighted by Crippen LogP contribution is 2.40. The molecule has 0 amide bonds. The van der Waals surface area contributed by atoms with Gasteiger partial charge in [0.15, 0.2) is 0 Å². The van der Waals surface area contributed by atoms with Crippen LogP contribution in [-0.4, -0.2) is 50.5 Å². The van der Waals surface area contributed by atoms with Crippen molar-refractivity contribution in [3.63, 3.8) is 0 Å². The lowest BCUT2D eigenvalue weighted by atomic mass is 10.0. The zero-order valence-electron chi connectivity index (χ0n) is 17.9. The molecule has 1 saturated carbocycles. The van der Waals surface area contributed by atoms with Crippen LogP contribution in [0.5, 0.6) is 0 Å². The van der Waals surface area contributed by atoms with Gasteiger partial charge in [0.1, 0.15) is 6.10 Å². The topological polar surface area (TPSA) is 90.9 Å². The summed E-state index contributed by atoms with van der Waals surface area (Å²) in [5, 5.41) is 20.6. The highest BCUT2D eigenvalue weighted by molar-refractivity contribution is 6.09. The van der Waals surface area contributed by atoms with Crippen LogP contribution in [0.3, 0.4) is 0 Å². The number of allylic oxidation sites excluding steroid dienone is 1. The number of hydrogen-bond acceptors (Lipinski definition) is 6. The minimum absolute atomic E-state index is 0.102. The Morgan fingerprint density at radius 2 is 1.93 bits per heavy atom. The van der Waals surface area contributed by atoms with Gasteiger partial charge in [0.05, 0.1) is 17.1 Å². The maximum Gasteiger partial charge on any atom is 0.206 e. The molecule has 3 atom stereocenters. The molecule has 4 rings (SSSR count). The second kappa shape index (κ2) is 8.52. The van der Waals surface area contributed by atoms with Gasteiger partial charge in [0, 0.05) is 50.7 Å². The number of ether oxygens (including phenoxy) is 1. The molecule has 30 heavy (non-hydrogen) atoms. The van der Waals surface area contributed by atoms with E-state index in [1.54, 1.807) is 16.8 Å². The Labute approximate surface area is 177 Å². The van der Waals surface area contributed by atoms with Crippen molar-refractivity contribution in [2.24, 2.45) is 18.9 Å². The molecule has 3 heterocycles. The van der Waals surface area contributed by atoms with Gasteiger partial charge in [-0.15, -0.1) is 0 Å². The Morgan fingerprint density at radius 1 is 1.20 bits per heavy atom. The average molecular weight is 407 g/mol. The van der Waals surface area contributed by atoms with E-state index in [2.05, 4.69) is 28.0 Å². The van der Waals surface area contributed by atoms with Crippen LogP contribution in [0.25, 0.3) is 0 Å². The summed E-state index contributed by atoms with van der Waals surface area (Å²) >= 11 is 0. The number of aryl methyl sites for hydroxylation is 3. The average Bonchev–Trinajstić information content (AvgIpc) is 3.34. The summed E-state index contributed by atoms with van der Waals surface area (Å²) in [6, 6.07) is 4.11. The number of rotatable bonds is 6. The van der Waals surface area contributed by atoms with Crippen LogP contribution in [0.4, 0.5) is 0 Å². The predicted octanol–water partition coefficient (Wildman–Crippen LogP) is 3.26. The zero-order chi connectivity index (χ0) is 21.3. The summed E-state index contributed by atoms with van der Waals surface area (Å²) < 4.78 is 7.59. The van der Waals surface area contributed by atoms with E-state index in [0.717, 1.165) is 43.7 Å². The van der Waals surface area contributed by atoms with E-state index in [1.165, 1.54) is 11.3 Å². The standard InChI is InChI=1S/C23H30N6O/c1-15-5-4-8-26-22(15)14-29-11-17-9-19(10-18(17)12-29)30-23(25)7-6-21(24)20-13-28(3)27-16(20)2/h4-8,13,17-19,24-25H,9-12,14H2,1-3H3/b7-6-,24-21?,25-23?/t17-,18?,19?/m0/s1. The van der Waals surface area contributed by atoms with Crippen molar-refractivity contribution >= 4 is 11.6 Å². The Morgan fingerprint density at radius 3 is 2.57 bits per heavy atom. The normalized spacial score (nSPS) is 23.8. The molecule has 1 saturated heterocycles. The Hall–Kier alpha value is -2.80. The first-order chi connectivity index (χ1) is 14.4. The second-order valence-corrected chi connectivity index (χ2v) is 8.61. The molecule has 2 aromatic rings. The molecule has 1 aliphatic heterocycles. The van der Waals surface area contributed by atoms with E-state index in [4.69, 9.17) is 15.6 Å². The molecule has 0 aromatic carbocycles. The van der Waals surface area contributed by atoms with Crippen LogP contribution >= 0.6 is 0 Å². The van der Waals surface area contributed by atoms with Gasteiger partial charge in [-0.1, -0.05) is 6.07 Å². The minimum atomic E-state index is 0.102. The molecule has 158 valence electrons. The summed E-state index contributed by atoms with van der Waals surface area (Å²) in [4.78, 5) is 7.03. The van der Waals surface area contributed by atoms with E-state index in [9.17, 15) is 0 Å². The van der Waals surface area contributed by atoms with Crippen molar-refractivity contribution in [3.8, 4) is 0 Å². The number of fused-ring (bicyclic) bond motifs is 1. The third-order valence-corrected chi connectivity index (χ3v) is 6.27. The quantitative estimate of drug-likeness (QED) is 0.569. The number of nitrogens with zero attached hydrogens (tertiary/aromatic N) is 4. The first-order valence-corrected chi connectivity index (χ1v) is 10.5. The molecule has 0 spiro atoms. The number of aromatic nitrogens is 3. The van der Waals surface area contributed by atoms with Gasteiger partial charge >= 0.3 is 0 Å². The fraction of sp³-hybridized carbons (Fsp3) is 0.478. The van der Waals surface area contributed by atoms with Crippen LogP contribution in [0.15, 0.2) is 36.7 Å². The Kier molecular flexibility index (Phi) is 5.81. The highest BCUT2D eigenvalue weighted by atomic mass is 16.5. The molecule has 1 aliphatic carbocycles. The lowest BCUT2D eigenvalue weighted by Gasteiger charge is -2.19. The van der Waals surface area contributed by atoms with Crippen LogP contribution in [-0.2, 0) is 18.3 Å². The maximum atomic E-state index is 8.19. The molecular weight excluding hydrogens is 376 g/mol. The first kappa shape index (κ1) is 20.5. The molecule has 0 radical (unpaired) electrons. The van der Waals surface area contributed by atoms with Crippen molar-refractivity contribution in [2.45, 2.75) is 39.3 Å². The van der Waals surface area contributed by atoms with Gasteiger partial charge < -0.3 is 10.1 Å². The molecule has 7 heteroatoms. The Bertz CT molecular complexity index is 964. The van der Waals surface area contributed by atoms with E-state index < -0.39 is 0 Å². The van der Waals surface area contributed by atoms with Crippen LogP contribution < -0.4 is 0 Å². The molecule has 2 unspecified atom stereocenters. The van der Waals surface area contributed by atoms with E-state index >= 15 is 0 Å². The fourth-order valence-corrected chi connectivity index (χ4v) is 4.79. The Balaban J connectivity index is 1.25. The zero-order valence-corrected chi connectivity index (χ0v) is 17.9. The van der Waals surface area contributed by atoms with E-state index in [0.29, 0.717) is 17.5 Å². The van der Waals surface area contributed by atoms with Gasteiger partial charge in [-0.2, -0.15) is 5.10 Å². The van der Waals surface area contributed by atoms with Gasteiger partial charge in [-0.25, -0.2) is 0 Å². The second-order valence-electron chi connectivity index (χ2n) is 8.61. The van der Waals surface area contributed by atoms with Gasteiger partial charge in [0.2, 0.25) is 5.90 Å². The molecule has 7 nitrogen and oxygen atoms in total. The lowest BCUT2D eigenvalue weighted by molar-refractivity contribution is 0.172. The van der Waals surface area contributed by atoms with Crippen molar-refractivity contribution in [3.05, 3.63) is 59.2 Å². The number of nitrogens with one attached hydrogen (secondary N) is 2. The van der Waals surface area contributed by atoms with Crippen molar-refractivity contribution < 1.29 is 4.74 Å². The summed E-state index contributed by atoms with van der Waals surface area (Å²) in [5.41, 5.74) is 4.36. The van der Waals surface area contributed by atoms with E-state index in [1.807, 2.05) is 32.4 Å². The number of pyridine rings is 1. The molecule has 2 aromatic heterocycles. The van der Waals surface area contributed by atoms with Gasteiger partial charge in [-0.05, 0) is 56.2 Å². The molecule has 2 fully saturated rings. The largest absolute Gasteiger partial charge is 0.475 e. The fourth-order valence-electron chi connectivity index (χ4n) is 4.79. The summed E-state index contributed by atoms with van der Waals surface area (Å²) in [6.45, 7) is 7.08. The molecule has 0 bridgehead atoms. The molecule has 2 N–H and O–H groups in total. The number of likely N-dealkylation sites (tertiary alicyclic amines) is 1. The van der Waals surface area contributed by atoms with Crippen LogP contribution in [0, 0.1) is 36.5 Å². The highest BCUT2D eigenvalue weighted by Gasteiger charge is 2.42. The third-order valence-electron chi connectivity index (χ3n) is 6.27. The third kappa shape index (κ3) is 4.51. The van der Waals surface area contributed by atoms with Crippen LogP contribution in [0.1, 0.15) is 35.4 Å². The monoisotopic (exact) mass is 406 g/mol. The summed E-state index contributed by atoms with van der Waals surface area (Å²) in [6.07, 6.45) is 9.00. The van der Waals surface area contributed by atoms with Crippen molar-refractivity contribution in [1.82, 2.24) is 19.7 Å². The smallest absolute Gasteiger partial charge is 0.206 e. The summed E-state index contributed by atoms with van der Waals surface area (Å²) in [5.74, 6) is 1.39. The first-order valence-electron chi connectivity index (χ1n) is 10.5. The summed E-state index contributed by atoms with van der Waals surface area (Å²) in [7, 11) is 1.84. The van der Waals surface area contributed by atoms with Crippen molar-refractivity contribution in [1.29, 1.82) is 10.8 Å². The molecule has 2 aliphatic rings. The van der Waals surface area contributed by atoms with Gasteiger partial charge in [0.25, 0.3) is 0 Å². The van der Waals surface area contributed by atoms with Crippen LogP contribution in [0.2, 0.25) is 0 Å². The van der Waals surface area contributed by atoms with Gasteiger partial charge in [-0.3, -0.25) is 20.0 Å². The minimum Gasteiger partial charge on any atom is -0.475 e. The lowest BCUT2D eigenvalue weighted by Crippen LogP contribution is -2.24. The van der Waals surface area contributed by atoms with E-state index in [-0.39, 0.29) is 12.0 Å². The molecular formula is C23H30N6O. The number of hydrogen-bond donors (Lipinski definition) is 2. The SMILES string of the molecule is Cc1cccnc1CN1CC2CC(OC(=N)/C=C\C(=N)c3cn(C)nc3C)C[C@H]2C1. The maximum absolute atomic E-state index is 8.19. The van der Waals surface area contributed by atoms with Crippen molar-refractivity contribution in [2.75, 3.05) is 13.1 Å².